The Morgan fingerprint density at radius 3 is 2.31 bits per heavy atom. The van der Waals surface area contributed by atoms with Gasteiger partial charge in [-0.05, 0) is 53.6 Å². The van der Waals surface area contributed by atoms with Gasteiger partial charge >= 0.3 is 0 Å². The Morgan fingerprint density at radius 2 is 1.64 bits per heavy atom. The summed E-state index contributed by atoms with van der Waals surface area (Å²) in [7, 11) is 2.98. The lowest BCUT2D eigenvalue weighted by molar-refractivity contribution is -0.140. The van der Waals surface area contributed by atoms with Gasteiger partial charge in [-0.3, -0.25) is 9.59 Å². The quantitative estimate of drug-likeness (QED) is 0.175. The SMILES string of the molecule is COc1ccc(C(O)=C2C(=O)C(=O)N(Cc3ccco3)[C@H]2c2ccc(OCc3ccccc3)cc2)cc1OC. The van der Waals surface area contributed by atoms with E-state index in [1.54, 1.807) is 54.6 Å². The average Bonchev–Trinajstić information content (AvgIpc) is 3.58. The van der Waals surface area contributed by atoms with E-state index in [0.29, 0.717) is 40.7 Å². The lowest BCUT2D eigenvalue weighted by Crippen LogP contribution is -2.29. The molecule has 1 fully saturated rings. The third-order valence-electron chi connectivity index (χ3n) is 6.55. The van der Waals surface area contributed by atoms with Crippen LogP contribution in [-0.4, -0.2) is 35.9 Å². The Balaban J connectivity index is 1.53. The van der Waals surface area contributed by atoms with Gasteiger partial charge in [-0.1, -0.05) is 42.5 Å². The van der Waals surface area contributed by atoms with Gasteiger partial charge in [0.05, 0.1) is 38.6 Å². The lowest BCUT2D eigenvalue weighted by Gasteiger charge is -2.24. The van der Waals surface area contributed by atoms with Crippen LogP contribution in [0.4, 0.5) is 0 Å². The number of carbonyl (C=O) groups is 2. The van der Waals surface area contributed by atoms with Gasteiger partial charge in [-0.15, -0.1) is 0 Å². The largest absolute Gasteiger partial charge is 0.507 e. The highest BCUT2D eigenvalue weighted by molar-refractivity contribution is 6.46. The van der Waals surface area contributed by atoms with Gasteiger partial charge < -0.3 is 28.6 Å². The molecular formula is C31H27NO7. The van der Waals surface area contributed by atoms with Crippen molar-refractivity contribution in [2.24, 2.45) is 0 Å². The highest BCUT2D eigenvalue weighted by Gasteiger charge is 2.46. The summed E-state index contributed by atoms with van der Waals surface area (Å²) in [5.74, 6) is 0.149. The van der Waals surface area contributed by atoms with Crippen LogP contribution in [0, 0.1) is 0 Å². The van der Waals surface area contributed by atoms with Crippen LogP contribution in [0.25, 0.3) is 5.76 Å². The number of hydrogen-bond acceptors (Lipinski definition) is 7. The average molecular weight is 526 g/mol. The van der Waals surface area contributed by atoms with Crippen molar-refractivity contribution < 1.29 is 33.3 Å². The zero-order chi connectivity index (χ0) is 27.4. The minimum atomic E-state index is -0.855. The topological polar surface area (TPSA) is 98.4 Å². The van der Waals surface area contributed by atoms with Crippen LogP contribution in [0.2, 0.25) is 0 Å². The van der Waals surface area contributed by atoms with Crippen molar-refractivity contribution in [3.63, 3.8) is 0 Å². The van der Waals surface area contributed by atoms with Gasteiger partial charge in [0, 0.05) is 5.56 Å². The van der Waals surface area contributed by atoms with Crippen LogP contribution in [0.1, 0.15) is 28.5 Å². The molecule has 3 aromatic carbocycles. The first kappa shape index (κ1) is 25.7. The number of rotatable bonds is 9. The van der Waals surface area contributed by atoms with Crippen molar-refractivity contribution in [1.29, 1.82) is 0 Å². The Kier molecular flexibility index (Phi) is 7.36. The molecule has 1 amide bonds. The van der Waals surface area contributed by atoms with Crippen molar-refractivity contribution in [2.75, 3.05) is 14.2 Å². The molecule has 1 aliphatic rings. The van der Waals surface area contributed by atoms with E-state index in [1.807, 2.05) is 30.3 Å². The first-order chi connectivity index (χ1) is 19.0. The van der Waals surface area contributed by atoms with E-state index >= 15 is 0 Å². The number of hydrogen-bond donors (Lipinski definition) is 1. The second-order valence-electron chi connectivity index (χ2n) is 8.92. The Bertz CT molecular complexity index is 1490. The standard InChI is InChI=1S/C31H27NO7/c1-36-25-15-12-22(17-26(25)37-2)29(33)27-28(32(31(35)30(27)34)18-24-9-6-16-38-24)21-10-13-23(14-11-21)39-19-20-7-4-3-5-8-20/h3-17,28,33H,18-19H2,1-2H3/t28-/m0/s1. The maximum Gasteiger partial charge on any atom is 0.296 e. The summed E-state index contributed by atoms with van der Waals surface area (Å²) in [4.78, 5) is 28.0. The van der Waals surface area contributed by atoms with E-state index in [9.17, 15) is 14.7 Å². The predicted octanol–water partition coefficient (Wildman–Crippen LogP) is 5.50. The zero-order valence-corrected chi connectivity index (χ0v) is 21.5. The van der Waals surface area contributed by atoms with Gasteiger partial charge in [0.2, 0.25) is 0 Å². The second kappa shape index (κ2) is 11.2. The maximum absolute atomic E-state index is 13.3. The number of carbonyl (C=O) groups excluding carboxylic acids is 2. The number of methoxy groups -OCH3 is 2. The molecule has 1 aliphatic heterocycles. The molecule has 1 atom stereocenters. The Morgan fingerprint density at radius 1 is 0.897 bits per heavy atom. The van der Waals surface area contributed by atoms with Crippen LogP contribution in [0.15, 0.2) is 101 Å². The monoisotopic (exact) mass is 525 g/mol. The fourth-order valence-corrected chi connectivity index (χ4v) is 4.59. The number of aliphatic hydroxyl groups excluding tert-OH is 1. The number of amides is 1. The van der Waals surface area contributed by atoms with Gasteiger partial charge in [0.1, 0.15) is 23.9 Å². The Hall–Kier alpha value is -4.98. The first-order valence-corrected chi connectivity index (χ1v) is 12.3. The molecule has 0 radical (unpaired) electrons. The number of furan rings is 1. The van der Waals surface area contributed by atoms with Crippen LogP contribution >= 0.6 is 0 Å². The summed E-state index contributed by atoms with van der Waals surface area (Å²) in [6.07, 6.45) is 1.50. The number of Topliss-reactive ketones (excluding diaryl/α,β-unsaturated/α-hetero) is 1. The molecule has 0 saturated carbocycles. The number of aliphatic hydroxyl groups is 1. The van der Waals surface area contributed by atoms with E-state index < -0.39 is 17.7 Å². The third kappa shape index (κ3) is 5.22. The van der Waals surface area contributed by atoms with Gasteiger partial charge in [0.25, 0.3) is 11.7 Å². The highest BCUT2D eigenvalue weighted by atomic mass is 16.5. The first-order valence-electron chi connectivity index (χ1n) is 12.3. The van der Waals surface area contributed by atoms with E-state index in [4.69, 9.17) is 18.6 Å². The number of benzene rings is 3. The molecule has 8 nitrogen and oxygen atoms in total. The van der Waals surface area contributed by atoms with Crippen LogP contribution in [0.5, 0.6) is 17.2 Å². The molecule has 1 N–H and O–H groups in total. The Labute approximate surface area is 225 Å². The summed E-state index contributed by atoms with van der Waals surface area (Å²) in [6.45, 7) is 0.452. The van der Waals surface area contributed by atoms with E-state index in [1.165, 1.54) is 25.4 Å². The van der Waals surface area contributed by atoms with Crippen molar-refractivity contribution in [3.05, 3.63) is 119 Å². The molecule has 0 unspecified atom stereocenters. The molecule has 0 bridgehead atoms. The lowest BCUT2D eigenvalue weighted by atomic mass is 9.95. The van der Waals surface area contributed by atoms with E-state index in [0.717, 1.165) is 5.56 Å². The molecule has 0 spiro atoms. The summed E-state index contributed by atoms with van der Waals surface area (Å²) in [5, 5.41) is 11.4. The van der Waals surface area contributed by atoms with Crippen molar-refractivity contribution in [2.45, 2.75) is 19.2 Å². The van der Waals surface area contributed by atoms with Crippen LogP contribution < -0.4 is 14.2 Å². The molecule has 2 heterocycles. The normalized spacial score (nSPS) is 16.4. The molecule has 4 aromatic rings. The van der Waals surface area contributed by atoms with E-state index in [-0.39, 0.29) is 17.9 Å². The smallest absolute Gasteiger partial charge is 0.296 e. The molecule has 1 saturated heterocycles. The minimum Gasteiger partial charge on any atom is -0.507 e. The molecule has 5 rings (SSSR count). The van der Waals surface area contributed by atoms with E-state index in [2.05, 4.69) is 0 Å². The van der Waals surface area contributed by atoms with Gasteiger partial charge in [-0.2, -0.15) is 0 Å². The minimum absolute atomic E-state index is 0.0308. The number of ether oxygens (including phenoxy) is 3. The van der Waals surface area contributed by atoms with Gasteiger partial charge in [-0.25, -0.2) is 0 Å². The second-order valence-corrected chi connectivity index (χ2v) is 8.92. The number of ketones is 1. The predicted molar refractivity (Wildman–Crippen MR) is 143 cm³/mol. The highest BCUT2D eigenvalue weighted by Crippen LogP contribution is 2.41. The number of likely N-dealkylation sites (tertiary alicyclic amines) is 1. The summed E-state index contributed by atoms with van der Waals surface area (Å²) in [6, 6.07) is 24.3. The zero-order valence-electron chi connectivity index (χ0n) is 21.5. The third-order valence-corrected chi connectivity index (χ3v) is 6.55. The molecule has 39 heavy (non-hydrogen) atoms. The van der Waals surface area contributed by atoms with Crippen molar-refractivity contribution >= 4 is 17.4 Å². The van der Waals surface area contributed by atoms with Crippen molar-refractivity contribution in [3.8, 4) is 17.2 Å². The van der Waals surface area contributed by atoms with Crippen molar-refractivity contribution in [1.82, 2.24) is 4.90 Å². The molecule has 198 valence electrons. The fraction of sp³-hybridized carbons (Fsp3) is 0.161. The van der Waals surface area contributed by atoms with Crippen LogP contribution in [-0.2, 0) is 22.7 Å². The molecule has 0 aliphatic carbocycles. The molecule has 8 heteroatoms. The summed E-state index contributed by atoms with van der Waals surface area (Å²) >= 11 is 0. The molecular weight excluding hydrogens is 498 g/mol. The van der Waals surface area contributed by atoms with Gasteiger partial charge in [0.15, 0.2) is 11.5 Å². The molecule has 1 aromatic heterocycles. The number of nitrogens with zero attached hydrogens (tertiary/aromatic N) is 1. The maximum atomic E-state index is 13.3. The van der Waals surface area contributed by atoms with Crippen LogP contribution in [0.3, 0.4) is 0 Å². The fourth-order valence-electron chi connectivity index (χ4n) is 4.59. The summed E-state index contributed by atoms with van der Waals surface area (Å²) < 4.78 is 22.0. The summed E-state index contributed by atoms with van der Waals surface area (Å²) in [5.41, 5.74) is 1.95.